The lowest BCUT2D eigenvalue weighted by atomic mass is 10.2. The van der Waals surface area contributed by atoms with Gasteiger partial charge in [0.2, 0.25) is 0 Å². The molecule has 0 amide bonds. The number of aldehydes is 1. The van der Waals surface area contributed by atoms with Gasteiger partial charge in [0, 0.05) is 6.20 Å². The number of hydrogen-bond donors (Lipinski definition) is 0. The maximum Gasteiger partial charge on any atom is 0.153 e. The quantitative estimate of drug-likeness (QED) is 0.810. The summed E-state index contributed by atoms with van der Waals surface area (Å²) in [5.74, 6) is 0.577. The smallest absolute Gasteiger partial charge is 0.153 e. The van der Waals surface area contributed by atoms with Gasteiger partial charge in [0.05, 0.1) is 19.9 Å². The first kappa shape index (κ1) is 12.3. The van der Waals surface area contributed by atoms with Crippen molar-refractivity contribution in [2.75, 3.05) is 0 Å². The summed E-state index contributed by atoms with van der Waals surface area (Å²) in [6, 6.07) is 5.38. The number of benzene rings is 1. The summed E-state index contributed by atoms with van der Waals surface area (Å²) < 4.78 is 6.43. The van der Waals surface area contributed by atoms with E-state index in [9.17, 15) is 4.79 Å². The molecule has 3 nitrogen and oxygen atoms in total. The molecule has 17 heavy (non-hydrogen) atoms. The fraction of sp³-hybridized carbons (Fsp3) is 0.167. The first-order valence-electron chi connectivity index (χ1n) is 4.98. The minimum atomic E-state index is 0.426. The number of rotatable bonds is 4. The second kappa shape index (κ2) is 5.42. The van der Waals surface area contributed by atoms with E-state index < -0.39 is 0 Å². The molecule has 1 aromatic carbocycles. The molecule has 2 rings (SSSR count). The molecule has 0 N–H and O–H groups in total. The zero-order valence-electron chi connectivity index (χ0n) is 9.14. The number of para-hydroxylation sites is 1. The number of halogens is 1. The number of ether oxygens (including phenoxy) is 1. The van der Waals surface area contributed by atoms with Gasteiger partial charge in [-0.1, -0.05) is 6.07 Å². The van der Waals surface area contributed by atoms with Crippen molar-refractivity contribution in [1.82, 2.24) is 4.98 Å². The molecule has 0 saturated carbocycles. The Balaban J connectivity index is 2.16. The van der Waals surface area contributed by atoms with Crippen LogP contribution in [0.3, 0.4) is 0 Å². The van der Waals surface area contributed by atoms with Gasteiger partial charge in [0.25, 0.3) is 0 Å². The van der Waals surface area contributed by atoms with E-state index in [-0.39, 0.29) is 0 Å². The van der Waals surface area contributed by atoms with Gasteiger partial charge in [-0.05, 0) is 35.0 Å². The van der Waals surface area contributed by atoms with Crippen molar-refractivity contribution in [3.63, 3.8) is 0 Å². The summed E-state index contributed by atoms with van der Waals surface area (Å²) in [5.41, 5.74) is 0.542. The van der Waals surface area contributed by atoms with Gasteiger partial charge in [0.15, 0.2) is 6.29 Å². The van der Waals surface area contributed by atoms with E-state index in [0.29, 0.717) is 17.9 Å². The van der Waals surface area contributed by atoms with Crippen LogP contribution >= 0.6 is 27.3 Å². The molecule has 0 saturated heterocycles. The van der Waals surface area contributed by atoms with Crippen molar-refractivity contribution in [1.29, 1.82) is 0 Å². The minimum absolute atomic E-state index is 0.426. The monoisotopic (exact) mass is 311 g/mol. The molecule has 0 aliphatic rings. The third kappa shape index (κ3) is 2.92. The van der Waals surface area contributed by atoms with Crippen LogP contribution in [0.25, 0.3) is 0 Å². The first-order valence-corrected chi connectivity index (χ1v) is 6.59. The van der Waals surface area contributed by atoms with Crippen molar-refractivity contribution in [3.05, 3.63) is 44.3 Å². The van der Waals surface area contributed by atoms with Crippen molar-refractivity contribution in [2.24, 2.45) is 0 Å². The van der Waals surface area contributed by atoms with Gasteiger partial charge < -0.3 is 4.74 Å². The number of carbonyl (C=O) groups excluding carboxylic acids is 1. The first-order chi connectivity index (χ1) is 8.20. The molecule has 0 atom stereocenters. The number of carbonyl (C=O) groups is 1. The second-order valence-electron chi connectivity index (χ2n) is 3.41. The topological polar surface area (TPSA) is 39.2 Å². The Labute approximate surface area is 112 Å². The third-order valence-electron chi connectivity index (χ3n) is 2.15. The second-order valence-corrected chi connectivity index (χ2v) is 5.58. The number of aromatic nitrogens is 1. The Morgan fingerprint density at radius 1 is 1.53 bits per heavy atom. The molecule has 0 bridgehead atoms. The molecule has 0 unspecified atom stereocenters. The predicted molar refractivity (Wildman–Crippen MR) is 70.7 cm³/mol. The molecular formula is C12H10BrNO2S. The van der Waals surface area contributed by atoms with Crippen LogP contribution in [0.1, 0.15) is 20.2 Å². The summed E-state index contributed by atoms with van der Waals surface area (Å²) in [6.45, 7) is 2.37. The largest absolute Gasteiger partial charge is 0.486 e. The fourth-order valence-corrected chi connectivity index (χ4v) is 2.59. The highest BCUT2D eigenvalue weighted by atomic mass is 79.9. The highest BCUT2D eigenvalue weighted by Crippen LogP contribution is 2.29. The maximum atomic E-state index is 10.9. The minimum Gasteiger partial charge on any atom is -0.486 e. The average Bonchev–Trinajstić information content (AvgIpc) is 2.73. The van der Waals surface area contributed by atoms with Crippen LogP contribution in [0.5, 0.6) is 5.75 Å². The molecule has 0 aliphatic carbocycles. The van der Waals surface area contributed by atoms with Gasteiger partial charge in [-0.3, -0.25) is 4.79 Å². The molecule has 0 radical (unpaired) electrons. The lowest BCUT2D eigenvalue weighted by Crippen LogP contribution is -1.97. The normalized spacial score (nSPS) is 10.2. The van der Waals surface area contributed by atoms with Crippen LogP contribution in [-0.4, -0.2) is 11.3 Å². The summed E-state index contributed by atoms with van der Waals surface area (Å²) >= 11 is 4.96. The van der Waals surface area contributed by atoms with Crippen molar-refractivity contribution < 1.29 is 9.53 Å². The predicted octanol–water partition coefficient (Wildman–Crippen LogP) is 3.61. The number of nitrogens with zero attached hydrogens (tertiary/aromatic N) is 1. The molecule has 0 fully saturated rings. The summed E-state index contributed by atoms with van der Waals surface area (Å²) in [6.07, 6.45) is 2.58. The Morgan fingerprint density at radius 3 is 3.00 bits per heavy atom. The average molecular weight is 312 g/mol. The summed E-state index contributed by atoms with van der Waals surface area (Å²) in [7, 11) is 0. The lowest BCUT2D eigenvalue weighted by molar-refractivity contribution is 0.111. The van der Waals surface area contributed by atoms with Crippen LogP contribution in [0.2, 0.25) is 0 Å². The summed E-state index contributed by atoms with van der Waals surface area (Å²) in [4.78, 5) is 16.1. The Hall–Kier alpha value is -1.20. The molecule has 1 heterocycles. The number of aryl methyl sites for hydroxylation is 1. The van der Waals surface area contributed by atoms with Gasteiger partial charge in [-0.25, -0.2) is 4.98 Å². The number of thiazole rings is 1. The van der Waals surface area contributed by atoms with Gasteiger partial charge in [-0.15, -0.1) is 11.3 Å². The SMILES string of the molecule is Cc1ncc(COc2c(Br)cccc2C=O)s1. The van der Waals surface area contributed by atoms with Crippen molar-refractivity contribution in [2.45, 2.75) is 13.5 Å². The van der Waals surface area contributed by atoms with E-state index in [1.165, 1.54) is 0 Å². The van der Waals surface area contributed by atoms with E-state index in [0.717, 1.165) is 20.6 Å². The van der Waals surface area contributed by atoms with Crippen LogP contribution in [0, 0.1) is 6.92 Å². The van der Waals surface area contributed by atoms with Crippen LogP contribution in [-0.2, 0) is 6.61 Å². The van der Waals surface area contributed by atoms with Gasteiger partial charge >= 0.3 is 0 Å². The Kier molecular flexibility index (Phi) is 3.91. The molecule has 2 aromatic rings. The molecule has 5 heteroatoms. The molecule has 0 spiro atoms. The zero-order valence-corrected chi connectivity index (χ0v) is 11.5. The molecule has 0 aliphatic heterocycles. The molecule has 1 aromatic heterocycles. The van der Waals surface area contributed by atoms with E-state index in [4.69, 9.17) is 4.74 Å². The van der Waals surface area contributed by atoms with E-state index in [2.05, 4.69) is 20.9 Å². The zero-order chi connectivity index (χ0) is 12.3. The maximum absolute atomic E-state index is 10.9. The third-order valence-corrected chi connectivity index (χ3v) is 3.66. The molecule has 88 valence electrons. The lowest BCUT2D eigenvalue weighted by Gasteiger charge is -2.08. The Morgan fingerprint density at radius 2 is 2.35 bits per heavy atom. The van der Waals surface area contributed by atoms with Gasteiger partial charge in [0.1, 0.15) is 12.4 Å². The van der Waals surface area contributed by atoms with E-state index in [1.807, 2.05) is 13.0 Å². The van der Waals surface area contributed by atoms with E-state index in [1.54, 1.807) is 29.7 Å². The fourth-order valence-electron chi connectivity index (χ4n) is 1.39. The van der Waals surface area contributed by atoms with E-state index >= 15 is 0 Å². The highest BCUT2D eigenvalue weighted by Gasteiger charge is 2.08. The van der Waals surface area contributed by atoms with Crippen molar-refractivity contribution in [3.8, 4) is 5.75 Å². The van der Waals surface area contributed by atoms with Crippen LogP contribution in [0.15, 0.2) is 28.9 Å². The highest BCUT2D eigenvalue weighted by molar-refractivity contribution is 9.10. The molecular weight excluding hydrogens is 302 g/mol. The standard InChI is InChI=1S/C12H10BrNO2S/c1-8-14-5-10(17-8)7-16-12-9(6-15)3-2-4-11(12)13/h2-6H,7H2,1H3. The summed E-state index contributed by atoms with van der Waals surface area (Å²) in [5, 5.41) is 1.01. The van der Waals surface area contributed by atoms with Crippen molar-refractivity contribution >= 4 is 33.6 Å². The van der Waals surface area contributed by atoms with Crippen LogP contribution < -0.4 is 4.74 Å². The van der Waals surface area contributed by atoms with Crippen LogP contribution in [0.4, 0.5) is 0 Å². The van der Waals surface area contributed by atoms with Gasteiger partial charge in [-0.2, -0.15) is 0 Å². The number of hydrogen-bond acceptors (Lipinski definition) is 4. The Bertz CT molecular complexity index is 539.